The van der Waals surface area contributed by atoms with Crippen molar-refractivity contribution in [1.29, 1.82) is 0 Å². The molecule has 0 aliphatic carbocycles. The number of hydrogen-bond donors (Lipinski definition) is 2. The zero-order valence-electron chi connectivity index (χ0n) is 10.0. The molecule has 0 heterocycles. The van der Waals surface area contributed by atoms with Crippen molar-refractivity contribution in [2.75, 3.05) is 5.73 Å². The molecule has 1 atom stereocenters. The standard InChI is InChI=1S/C12H15FN2O2/c1-6-4-9(11(14)5-10(6)13)12(17)7(2)15-8(3)16/h4-5,7H,14H2,1-3H3,(H,15,16). The van der Waals surface area contributed by atoms with Gasteiger partial charge in [-0.15, -0.1) is 0 Å². The summed E-state index contributed by atoms with van der Waals surface area (Å²) >= 11 is 0. The second-order valence-electron chi connectivity index (χ2n) is 3.98. The highest BCUT2D eigenvalue weighted by Gasteiger charge is 2.19. The summed E-state index contributed by atoms with van der Waals surface area (Å²) < 4.78 is 13.2. The van der Waals surface area contributed by atoms with Crippen LogP contribution in [-0.2, 0) is 4.79 Å². The molecule has 3 N–H and O–H groups in total. The number of nitrogens with two attached hydrogens (primary N) is 1. The summed E-state index contributed by atoms with van der Waals surface area (Å²) in [6.45, 7) is 4.43. The predicted octanol–water partition coefficient (Wildman–Crippen LogP) is 1.42. The van der Waals surface area contributed by atoms with Gasteiger partial charge in [0.25, 0.3) is 0 Å². The van der Waals surface area contributed by atoms with Crippen LogP contribution in [0.3, 0.4) is 0 Å². The zero-order chi connectivity index (χ0) is 13.2. The molecule has 0 radical (unpaired) electrons. The Bertz CT molecular complexity index is 472. The third-order valence-electron chi connectivity index (χ3n) is 2.41. The Kier molecular flexibility index (Phi) is 3.83. The van der Waals surface area contributed by atoms with Gasteiger partial charge in [0, 0.05) is 18.2 Å². The third kappa shape index (κ3) is 3.03. The molecule has 0 saturated heterocycles. The summed E-state index contributed by atoms with van der Waals surface area (Å²) in [6.07, 6.45) is 0. The van der Waals surface area contributed by atoms with Crippen LogP contribution in [-0.4, -0.2) is 17.7 Å². The number of Topliss-reactive ketones (excluding diaryl/α,β-unsaturated/α-hetero) is 1. The minimum atomic E-state index is -0.681. The first-order valence-electron chi connectivity index (χ1n) is 5.20. The number of aryl methyl sites for hydroxylation is 1. The predicted molar refractivity (Wildman–Crippen MR) is 63.2 cm³/mol. The fourth-order valence-electron chi connectivity index (χ4n) is 1.51. The maximum atomic E-state index is 13.2. The highest BCUT2D eigenvalue weighted by Crippen LogP contribution is 2.19. The van der Waals surface area contributed by atoms with E-state index in [4.69, 9.17) is 5.73 Å². The first-order chi connectivity index (χ1) is 7.82. The molecule has 1 rings (SSSR count). The minimum absolute atomic E-state index is 0.0790. The highest BCUT2D eigenvalue weighted by molar-refractivity contribution is 6.05. The third-order valence-corrected chi connectivity index (χ3v) is 2.41. The van der Waals surface area contributed by atoms with Crippen molar-refractivity contribution in [3.63, 3.8) is 0 Å². The molecule has 5 heteroatoms. The average molecular weight is 238 g/mol. The van der Waals surface area contributed by atoms with E-state index < -0.39 is 11.9 Å². The molecule has 0 saturated carbocycles. The maximum absolute atomic E-state index is 13.2. The van der Waals surface area contributed by atoms with Gasteiger partial charge in [0.2, 0.25) is 5.91 Å². The molecule has 92 valence electrons. The van der Waals surface area contributed by atoms with Crippen molar-refractivity contribution in [3.8, 4) is 0 Å². The molecule has 0 fully saturated rings. The molecule has 0 aliphatic rings. The Balaban J connectivity index is 3.04. The summed E-state index contributed by atoms with van der Waals surface area (Å²) in [7, 11) is 0. The van der Waals surface area contributed by atoms with Crippen LogP contribution in [0.2, 0.25) is 0 Å². The van der Waals surface area contributed by atoms with Crippen molar-refractivity contribution < 1.29 is 14.0 Å². The van der Waals surface area contributed by atoms with Crippen LogP contribution in [0, 0.1) is 12.7 Å². The second-order valence-corrected chi connectivity index (χ2v) is 3.98. The lowest BCUT2D eigenvalue weighted by atomic mass is 10.0. The van der Waals surface area contributed by atoms with Crippen LogP contribution < -0.4 is 11.1 Å². The van der Waals surface area contributed by atoms with Gasteiger partial charge in [-0.05, 0) is 31.5 Å². The van der Waals surface area contributed by atoms with Crippen molar-refractivity contribution in [1.82, 2.24) is 5.32 Å². The molecule has 1 unspecified atom stereocenters. The lowest BCUT2D eigenvalue weighted by molar-refractivity contribution is -0.119. The average Bonchev–Trinajstić information content (AvgIpc) is 2.21. The van der Waals surface area contributed by atoms with Crippen LogP contribution in [0.25, 0.3) is 0 Å². The summed E-state index contributed by atoms with van der Waals surface area (Å²) in [6, 6.07) is 1.83. The number of halogens is 1. The smallest absolute Gasteiger partial charge is 0.217 e. The van der Waals surface area contributed by atoms with Crippen molar-refractivity contribution in [2.45, 2.75) is 26.8 Å². The van der Waals surface area contributed by atoms with E-state index in [0.717, 1.165) is 6.07 Å². The van der Waals surface area contributed by atoms with Crippen LogP contribution in [0.15, 0.2) is 12.1 Å². The van der Waals surface area contributed by atoms with Crippen LogP contribution in [0.4, 0.5) is 10.1 Å². The number of anilines is 1. The van der Waals surface area contributed by atoms with Gasteiger partial charge >= 0.3 is 0 Å². The Labute approximate surface area is 99.0 Å². The van der Waals surface area contributed by atoms with E-state index in [-0.39, 0.29) is 22.9 Å². The quantitative estimate of drug-likeness (QED) is 0.618. The normalized spacial score (nSPS) is 12.0. The number of hydrogen-bond acceptors (Lipinski definition) is 3. The monoisotopic (exact) mass is 238 g/mol. The number of benzene rings is 1. The summed E-state index contributed by atoms with van der Waals surface area (Å²) in [5.41, 5.74) is 6.24. The molecule has 0 spiro atoms. The molecule has 1 aromatic rings. The number of amides is 1. The van der Waals surface area contributed by atoms with Gasteiger partial charge in [-0.1, -0.05) is 0 Å². The van der Waals surface area contributed by atoms with Crippen LogP contribution >= 0.6 is 0 Å². The Hall–Kier alpha value is -1.91. The first kappa shape index (κ1) is 13.2. The molecule has 1 amide bonds. The highest BCUT2D eigenvalue weighted by atomic mass is 19.1. The number of rotatable bonds is 3. The Morgan fingerprint density at radius 3 is 2.53 bits per heavy atom. The van der Waals surface area contributed by atoms with Gasteiger partial charge in [0.1, 0.15) is 5.82 Å². The van der Waals surface area contributed by atoms with Gasteiger partial charge in [-0.25, -0.2) is 4.39 Å². The molecule has 4 nitrogen and oxygen atoms in total. The van der Waals surface area contributed by atoms with E-state index >= 15 is 0 Å². The molecule has 1 aromatic carbocycles. The largest absolute Gasteiger partial charge is 0.398 e. The van der Waals surface area contributed by atoms with Crippen molar-refractivity contribution in [3.05, 3.63) is 29.1 Å². The number of carbonyl (C=O) groups excluding carboxylic acids is 2. The van der Waals surface area contributed by atoms with E-state index in [9.17, 15) is 14.0 Å². The van der Waals surface area contributed by atoms with E-state index in [0.29, 0.717) is 5.56 Å². The fourth-order valence-corrected chi connectivity index (χ4v) is 1.51. The minimum Gasteiger partial charge on any atom is -0.398 e. The molecular weight excluding hydrogens is 223 g/mol. The lowest BCUT2D eigenvalue weighted by Gasteiger charge is -2.13. The van der Waals surface area contributed by atoms with E-state index in [2.05, 4.69) is 5.32 Å². The topological polar surface area (TPSA) is 72.2 Å². The van der Waals surface area contributed by atoms with E-state index in [1.807, 2.05) is 0 Å². The van der Waals surface area contributed by atoms with Crippen LogP contribution in [0.1, 0.15) is 29.8 Å². The Morgan fingerprint density at radius 2 is 2.00 bits per heavy atom. The molecule has 0 bridgehead atoms. The maximum Gasteiger partial charge on any atom is 0.217 e. The first-order valence-corrected chi connectivity index (χ1v) is 5.20. The molecule has 0 aliphatic heterocycles. The van der Waals surface area contributed by atoms with Gasteiger partial charge in [-0.3, -0.25) is 9.59 Å². The second kappa shape index (κ2) is 4.95. The number of nitrogens with one attached hydrogen (secondary N) is 1. The zero-order valence-corrected chi connectivity index (χ0v) is 10.0. The lowest BCUT2D eigenvalue weighted by Crippen LogP contribution is -2.37. The van der Waals surface area contributed by atoms with Gasteiger partial charge < -0.3 is 11.1 Å². The van der Waals surface area contributed by atoms with E-state index in [1.54, 1.807) is 13.8 Å². The molecular formula is C12H15FN2O2. The number of ketones is 1. The van der Waals surface area contributed by atoms with Crippen molar-refractivity contribution >= 4 is 17.4 Å². The molecule has 17 heavy (non-hydrogen) atoms. The fraction of sp³-hybridized carbons (Fsp3) is 0.333. The van der Waals surface area contributed by atoms with Gasteiger partial charge in [0.15, 0.2) is 5.78 Å². The molecule has 0 aromatic heterocycles. The van der Waals surface area contributed by atoms with E-state index in [1.165, 1.54) is 13.0 Å². The summed E-state index contributed by atoms with van der Waals surface area (Å²) in [4.78, 5) is 22.8. The van der Waals surface area contributed by atoms with Gasteiger partial charge in [0.05, 0.1) is 6.04 Å². The number of carbonyl (C=O) groups is 2. The van der Waals surface area contributed by atoms with Crippen LogP contribution in [0.5, 0.6) is 0 Å². The SMILES string of the molecule is CC(=O)NC(C)C(=O)c1cc(C)c(F)cc1N. The summed E-state index contributed by atoms with van der Waals surface area (Å²) in [5.74, 6) is -1.09. The van der Waals surface area contributed by atoms with Gasteiger partial charge in [-0.2, -0.15) is 0 Å². The number of nitrogen functional groups attached to an aromatic ring is 1. The summed E-state index contributed by atoms with van der Waals surface area (Å²) in [5, 5.41) is 2.46. The Morgan fingerprint density at radius 1 is 1.41 bits per heavy atom. The van der Waals surface area contributed by atoms with Crippen molar-refractivity contribution in [2.24, 2.45) is 0 Å².